The van der Waals surface area contributed by atoms with Crippen molar-refractivity contribution in [2.75, 3.05) is 0 Å². The lowest BCUT2D eigenvalue weighted by atomic mass is 9.85. The van der Waals surface area contributed by atoms with Gasteiger partial charge in [-0.2, -0.15) is 5.10 Å². The van der Waals surface area contributed by atoms with Crippen molar-refractivity contribution in [2.24, 2.45) is 5.92 Å². The molecule has 0 saturated heterocycles. The Morgan fingerprint density at radius 1 is 1.45 bits per heavy atom. The molecule has 2 aromatic rings. The van der Waals surface area contributed by atoms with Gasteiger partial charge < -0.3 is 4.42 Å². The van der Waals surface area contributed by atoms with Gasteiger partial charge in [0.15, 0.2) is 0 Å². The smallest absolute Gasteiger partial charge is 0.274 e. The van der Waals surface area contributed by atoms with E-state index in [1.165, 1.54) is 25.3 Å². The first-order valence-electron chi connectivity index (χ1n) is 7.55. The SMILES string of the molecule is Cc1ccc(S(=O)(=O)NC(C)c2cnn(CC3CCC3)c2)o1. The van der Waals surface area contributed by atoms with Crippen molar-refractivity contribution in [3.05, 3.63) is 35.9 Å². The third kappa shape index (κ3) is 3.25. The van der Waals surface area contributed by atoms with E-state index in [1.807, 2.05) is 10.9 Å². The normalized spacial score (nSPS) is 17.4. The van der Waals surface area contributed by atoms with Crippen LogP contribution in [-0.4, -0.2) is 18.2 Å². The van der Waals surface area contributed by atoms with E-state index in [0.29, 0.717) is 11.7 Å². The first-order chi connectivity index (χ1) is 10.4. The zero-order valence-electron chi connectivity index (χ0n) is 12.8. The van der Waals surface area contributed by atoms with Gasteiger partial charge in [-0.05, 0) is 44.7 Å². The molecular weight excluding hydrogens is 302 g/mol. The third-order valence-corrected chi connectivity index (χ3v) is 5.55. The second-order valence-electron chi connectivity index (χ2n) is 6.00. The Morgan fingerprint density at radius 2 is 2.23 bits per heavy atom. The highest BCUT2D eigenvalue weighted by atomic mass is 32.2. The topological polar surface area (TPSA) is 77.1 Å². The summed E-state index contributed by atoms with van der Waals surface area (Å²) in [5, 5.41) is 4.27. The number of nitrogens with one attached hydrogen (secondary N) is 1. The number of nitrogens with zero attached hydrogens (tertiary/aromatic N) is 2. The minimum Gasteiger partial charge on any atom is -0.449 e. The van der Waals surface area contributed by atoms with Crippen molar-refractivity contribution in [1.29, 1.82) is 0 Å². The maximum absolute atomic E-state index is 12.2. The highest BCUT2D eigenvalue weighted by molar-refractivity contribution is 7.89. The molecule has 3 rings (SSSR count). The highest BCUT2D eigenvalue weighted by Crippen LogP contribution is 2.28. The van der Waals surface area contributed by atoms with E-state index in [1.54, 1.807) is 26.1 Å². The van der Waals surface area contributed by atoms with Crippen LogP contribution < -0.4 is 4.72 Å². The van der Waals surface area contributed by atoms with E-state index < -0.39 is 10.0 Å². The molecule has 2 heterocycles. The van der Waals surface area contributed by atoms with Crippen molar-refractivity contribution >= 4 is 10.0 Å². The number of hydrogen-bond donors (Lipinski definition) is 1. The van der Waals surface area contributed by atoms with Crippen LogP contribution in [0, 0.1) is 12.8 Å². The predicted octanol–water partition coefficient (Wildman–Crippen LogP) is 2.62. The van der Waals surface area contributed by atoms with Gasteiger partial charge in [0.2, 0.25) is 5.09 Å². The molecule has 120 valence electrons. The van der Waals surface area contributed by atoms with Gasteiger partial charge in [-0.1, -0.05) is 6.42 Å². The fraction of sp³-hybridized carbons (Fsp3) is 0.533. The first kappa shape index (κ1) is 15.3. The summed E-state index contributed by atoms with van der Waals surface area (Å²) in [5.41, 5.74) is 0.853. The molecule has 1 fully saturated rings. The van der Waals surface area contributed by atoms with Crippen molar-refractivity contribution in [3.8, 4) is 0 Å². The number of hydrogen-bond acceptors (Lipinski definition) is 4. The van der Waals surface area contributed by atoms with Gasteiger partial charge in [0.25, 0.3) is 10.0 Å². The Morgan fingerprint density at radius 3 is 2.82 bits per heavy atom. The lowest BCUT2D eigenvalue weighted by molar-refractivity contribution is 0.266. The maximum Gasteiger partial charge on any atom is 0.274 e. The monoisotopic (exact) mass is 323 g/mol. The van der Waals surface area contributed by atoms with Gasteiger partial charge in [-0.25, -0.2) is 13.1 Å². The van der Waals surface area contributed by atoms with Gasteiger partial charge >= 0.3 is 0 Å². The van der Waals surface area contributed by atoms with Crippen LogP contribution in [0.3, 0.4) is 0 Å². The molecule has 1 N–H and O–H groups in total. The molecule has 1 aliphatic rings. The fourth-order valence-corrected chi connectivity index (χ4v) is 3.76. The van der Waals surface area contributed by atoms with Crippen LogP contribution in [0.25, 0.3) is 0 Å². The molecule has 1 atom stereocenters. The lowest BCUT2D eigenvalue weighted by Crippen LogP contribution is -2.26. The molecule has 7 heteroatoms. The molecule has 6 nitrogen and oxygen atoms in total. The van der Waals surface area contributed by atoms with Crippen molar-refractivity contribution in [2.45, 2.75) is 50.8 Å². The van der Waals surface area contributed by atoms with Gasteiger partial charge in [-0.15, -0.1) is 0 Å². The summed E-state index contributed by atoms with van der Waals surface area (Å²) < 4.78 is 34.2. The van der Waals surface area contributed by atoms with Crippen molar-refractivity contribution in [1.82, 2.24) is 14.5 Å². The molecule has 0 amide bonds. The minimum atomic E-state index is -3.65. The van der Waals surface area contributed by atoms with E-state index >= 15 is 0 Å². The van der Waals surface area contributed by atoms with Gasteiger partial charge in [0.05, 0.1) is 6.20 Å². The fourth-order valence-electron chi connectivity index (χ4n) is 2.56. The first-order valence-corrected chi connectivity index (χ1v) is 9.03. The second-order valence-corrected chi connectivity index (χ2v) is 7.65. The molecule has 2 aromatic heterocycles. The number of sulfonamides is 1. The molecular formula is C15H21N3O3S. The van der Waals surface area contributed by atoms with E-state index in [-0.39, 0.29) is 11.1 Å². The standard InChI is InChI=1S/C15H21N3O3S/c1-11-6-7-15(21-11)22(19,20)17-12(2)14-8-16-18(10-14)9-13-4-3-5-13/h6-8,10,12-13,17H,3-5,9H2,1-2H3. The molecule has 0 spiro atoms. The zero-order valence-corrected chi connectivity index (χ0v) is 13.6. The predicted molar refractivity (Wildman–Crippen MR) is 81.7 cm³/mol. The van der Waals surface area contributed by atoms with Crippen LogP contribution in [0.4, 0.5) is 0 Å². The van der Waals surface area contributed by atoms with Crippen molar-refractivity contribution in [3.63, 3.8) is 0 Å². The number of aryl methyl sites for hydroxylation is 1. The largest absolute Gasteiger partial charge is 0.449 e. The summed E-state index contributed by atoms with van der Waals surface area (Å²) in [4.78, 5) is 0. The molecule has 0 bridgehead atoms. The summed E-state index contributed by atoms with van der Waals surface area (Å²) >= 11 is 0. The molecule has 22 heavy (non-hydrogen) atoms. The maximum atomic E-state index is 12.2. The average molecular weight is 323 g/mol. The van der Waals surface area contributed by atoms with E-state index in [9.17, 15) is 8.42 Å². The van der Waals surface area contributed by atoms with Crippen LogP contribution >= 0.6 is 0 Å². The number of furan rings is 1. The molecule has 1 saturated carbocycles. The Hall–Kier alpha value is -1.60. The van der Waals surface area contributed by atoms with Gasteiger partial charge in [0.1, 0.15) is 5.76 Å². The Bertz CT molecular complexity index is 744. The van der Waals surface area contributed by atoms with E-state index in [4.69, 9.17) is 4.42 Å². The second kappa shape index (κ2) is 5.89. The highest BCUT2D eigenvalue weighted by Gasteiger charge is 2.23. The van der Waals surface area contributed by atoms with Gasteiger partial charge in [0, 0.05) is 24.3 Å². The number of rotatable bonds is 6. The Labute approximate surface area is 130 Å². The summed E-state index contributed by atoms with van der Waals surface area (Å²) in [6, 6.07) is 2.74. The van der Waals surface area contributed by atoms with Crippen LogP contribution in [0.5, 0.6) is 0 Å². The Kier molecular flexibility index (Phi) is 4.10. The lowest BCUT2D eigenvalue weighted by Gasteiger charge is -2.24. The van der Waals surface area contributed by atoms with Crippen LogP contribution in [0.15, 0.2) is 34.0 Å². The summed E-state index contributed by atoms with van der Waals surface area (Å²) in [7, 11) is -3.65. The van der Waals surface area contributed by atoms with E-state index in [2.05, 4.69) is 9.82 Å². The molecule has 1 unspecified atom stereocenters. The van der Waals surface area contributed by atoms with Crippen LogP contribution in [0.1, 0.15) is 43.6 Å². The summed E-state index contributed by atoms with van der Waals surface area (Å²) in [5.74, 6) is 1.28. The van der Waals surface area contributed by atoms with Gasteiger partial charge in [-0.3, -0.25) is 4.68 Å². The molecule has 1 aliphatic carbocycles. The minimum absolute atomic E-state index is 0.0568. The summed E-state index contributed by atoms with van der Waals surface area (Å²) in [6.45, 7) is 4.43. The molecule has 0 aromatic carbocycles. The van der Waals surface area contributed by atoms with Crippen molar-refractivity contribution < 1.29 is 12.8 Å². The quantitative estimate of drug-likeness (QED) is 0.886. The van der Waals surface area contributed by atoms with Crippen LogP contribution in [0.2, 0.25) is 0 Å². The zero-order chi connectivity index (χ0) is 15.7. The van der Waals surface area contributed by atoms with Crippen LogP contribution in [-0.2, 0) is 16.6 Å². The average Bonchev–Trinajstić information content (AvgIpc) is 3.02. The number of aromatic nitrogens is 2. The van der Waals surface area contributed by atoms with E-state index in [0.717, 1.165) is 12.1 Å². The third-order valence-electron chi connectivity index (χ3n) is 4.14. The summed E-state index contributed by atoms with van der Waals surface area (Å²) in [6.07, 6.45) is 7.46. The molecule has 0 aliphatic heterocycles. The molecule has 0 radical (unpaired) electrons. The Balaban J connectivity index is 1.67.